The molecule has 0 atom stereocenters. The summed E-state index contributed by atoms with van der Waals surface area (Å²) in [6, 6.07) is 14.6. The fourth-order valence-electron chi connectivity index (χ4n) is 3.02. The van der Waals surface area contributed by atoms with Gasteiger partial charge in [0.25, 0.3) is 0 Å². The van der Waals surface area contributed by atoms with E-state index in [1.807, 2.05) is 48.2 Å². The van der Waals surface area contributed by atoms with Gasteiger partial charge in [0.15, 0.2) is 0 Å². The lowest BCUT2D eigenvalue weighted by molar-refractivity contribution is 0.194. The molecule has 2 aromatic carbocycles. The molecule has 5 nitrogen and oxygen atoms in total. The number of carbonyl (C=O) groups excluding carboxylic acids is 1. The lowest BCUT2D eigenvalue weighted by atomic mass is 10.2. The standard InChI is InChI=1S/C20H25FN4O/c1-23(2)18-7-3-16(4-8-18)15-22-20(26)25-13-11-24(12-14-25)19-9-5-17(21)6-10-19/h3-10H,11-15H2,1-2H3,(H,22,26). The SMILES string of the molecule is CN(C)c1ccc(CNC(=O)N2CCN(c3ccc(F)cc3)CC2)cc1. The number of benzene rings is 2. The summed E-state index contributed by atoms with van der Waals surface area (Å²) in [4.78, 5) is 18.4. The number of amides is 2. The number of carbonyl (C=O) groups is 1. The minimum absolute atomic E-state index is 0.0413. The highest BCUT2D eigenvalue weighted by atomic mass is 19.1. The quantitative estimate of drug-likeness (QED) is 0.916. The Labute approximate surface area is 154 Å². The van der Waals surface area contributed by atoms with Crippen LogP contribution in [0.2, 0.25) is 0 Å². The molecule has 1 saturated heterocycles. The van der Waals surface area contributed by atoms with Crippen molar-refractivity contribution >= 4 is 17.4 Å². The number of urea groups is 1. The molecule has 1 N–H and O–H groups in total. The molecule has 1 fully saturated rings. The zero-order valence-corrected chi connectivity index (χ0v) is 15.3. The molecule has 2 aromatic rings. The summed E-state index contributed by atoms with van der Waals surface area (Å²) in [5, 5.41) is 2.98. The number of hydrogen-bond donors (Lipinski definition) is 1. The van der Waals surface area contributed by atoms with Crippen molar-refractivity contribution in [1.82, 2.24) is 10.2 Å². The van der Waals surface area contributed by atoms with Gasteiger partial charge in [0, 0.05) is 58.2 Å². The molecule has 1 aliphatic rings. The van der Waals surface area contributed by atoms with E-state index in [0.29, 0.717) is 19.6 Å². The van der Waals surface area contributed by atoms with Crippen LogP contribution in [0.1, 0.15) is 5.56 Å². The van der Waals surface area contributed by atoms with Crippen LogP contribution < -0.4 is 15.1 Å². The van der Waals surface area contributed by atoms with Crippen LogP contribution in [0.15, 0.2) is 48.5 Å². The average molecular weight is 356 g/mol. The lowest BCUT2D eigenvalue weighted by Crippen LogP contribution is -2.51. The first kappa shape index (κ1) is 18.0. The average Bonchev–Trinajstić information content (AvgIpc) is 2.67. The highest BCUT2D eigenvalue weighted by Crippen LogP contribution is 2.17. The smallest absolute Gasteiger partial charge is 0.317 e. The molecule has 3 rings (SSSR count). The Hall–Kier alpha value is -2.76. The molecule has 6 heteroatoms. The van der Waals surface area contributed by atoms with Crippen LogP contribution in [0.3, 0.4) is 0 Å². The summed E-state index contributed by atoms with van der Waals surface area (Å²) in [6.07, 6.45) is 0. The van der Waals surface area contributed by atoms with Crippen LogP contribution >= 0.6 is 0 Å². The van der Waals surface area contributed by atoms with Gasteiger partial charge in [0.1, 0.15) is 5.82 Å². The molecule has 0 spiro atoms. The predicted molar refractivity (Wildman–Crippen MR) is 103 cm³/mol. The summed E-state index contributed by atoms with van der Waals surface area (Å²) < 4.78 is 13.0. The van der Waals surface area contributed by atoms with E-state index in [4.69, 9.17) is 0 Å². The summed E-state index contributed by atoms with van der Waals surface area (Å²) in [5.74, 6) is -0.231. The molecular formula is C20H25FN4O. The van der Waals surface area contributed by atoms with Crippen molar-refractivity contribution in [2.24, 2.45) is 0 Å². The van der Waals surface area contributed by atoms with Crippen molar-refractivity contribution in [3.63, 3.8) is 0 Å². The summed E-state index contributed by atoms with van der Waals surface area (Å²) in [7, 11) is 4.00. The Kier molecular flexibility index (Phi) is 5.61. The van der Waals surface area contributed by atoms with Crippen molar-refractivity contribution in [2.75, 3.05) is 50.1 Å². The molecule has 0 aliphatic carbocycles. The van der Waals surface area contributed by atoms with Gasteiger partial charge in [-0.3, -0.25) is 0 Å². The van der Waals surface area contributed by atoms with E-state index < -0.39 is 0 Å². The van der Waals surface area contributed by atoms with Crippen LogP contribution in [0.4, 0.5) is 20.6 Å². The van der Waals surface area contributed by atoms with E-state index in [1.54, 1.807) is 12.1 Å². The number of nitrogens with one attached hydrogen (secondary N) is 1. The summed E-state index contributed by atoms with van der Waals surface area (Å²) >= 11 is 0. The van der Waals surface area contributed by atoms with Gasteiger partial charge in [-0.15, -0.1) is 0 Å². The minimum atomic E-state index is -0.231. The molecule has 0 radical (unpaired) electrons. The first-order valence-corrected chi connectivity index (χ1v) is 8.82. The summed E-state index contributed by atoms with van der Waals surface area (Å²) in [6.45, 7) is 3.32. The lowest BCUT2D eigenvalue weighted by Gasteiger charge is -2.36. The van der Waals surface area contributed by atoms with Gasteiger partial charge in [-0.05, 0) is 42.0 Å². The van der Waals surface area contributed by atoms with Gasteiger partial charge >= 0.3 is 6.03 Å². The molecule has 0 unspecified atom stereocenters. The van der Waals surface area contributed by atoms with E-state index in [9.17, 15) is 9.18 Å². The van der Waals surface area contributed by atoms with Gasteiger partial charge in [0.2, 0.25) is 0 Å². The Morgan fingerprint density at radius 1 is 1.00 bits per heavy atom. The zero-order valence-electron chi connectivity index (χ0n) is 15.3. The fraction of sp³-hybridized carbons (Fsp3) is 0.350. The molecule has 0 saturated carbocycles. The Morgan fingerprint density at radius 3 is 2.19 bits per heavy atom. The molecule has 2 amide bonds. The van der Waals surface area contributed by atoms with Crippen LogP contribution in [-0.2, 0) is 6.54 Å². The van der Waals surface area contributed by atoms with Gasteiger partial charge < -0.3 is 20.0 Å². The normalized spacial score (nSPS) is 14.3. The van der Waals surface area contributed by atoms with E-state index in [1.165, 1.54) is 12.1 Å². The van der Waals surface area contributed by atoms with Gasteiger partial charge in [-0.25, -0.2) is 9.18 Å². The second kappa shape index (κ2) is 8.08. The number of halogens is 1. The predicted octanol–water partition coefficient (Wildman–Crippen LogP) is 2.92. The van der Waals surface area contributed by atoms with Crippen LogP contribution in [0.25, 0.3) is 0 Å². The number of rotatable bonds is 4. The largest absolute Gasteiger partial charge is 0.378 e. The Morgan fingerprint density at radius 2 is 1.62 bits per heavy atom. The molecule has 0 bridgehead atoms. The second-order valence-electron chi connectivity index (χ2n) is 6.67. The monoisotopic (exact) mass is 356 g/mol. The maximum absolute atomic E-state index is 13.0. The van der Waals surface area contributed by atoms with Gasteiger partial charge in [-0.1, -0.05) is 12.1 Å². The number of anilines is 2. The number of hydrogen-bond acceptors (Lipinski definition) is 3. The van der Waals surface area contributed by atoms with E-state index in [-0.39, 0.29) is 11.8 Å². The maximum Gasteiger partial charge on any atom is 0.317 e. The topological polar surface area (TPSA) is 38.8 Å². The molecule has 138 valence electrons. The third-order valence-electron chi connectivity index (χ3n) is 4.66. The molecule has 26 heavy (non-hydrogen) atoms. The van der Waals surface area contributed by atoms with Gasteiger partial charge in [-0.2, -0.15) is 0 Å². The van der Waals surface area contributed by atoms with E-state index in [2.05, 4.69) is 10.2 Å². The van der Waals surface area contributed by atoms with Crippen molar-refractivity contribution in [3.8, 4) is 0 Å². The summed E-state index contributed by atoms with van der Waals surface area (Å²) in [5.41, 5.74) is 3.21. The Bertz CT molecular complexity index is 722. The van der Waals surface area contributed by atoms with Crippen LogP contribution in [0, 0.1) is 5.82 Å². The Balaban J connectivity index is 1.47. The van der Waals surface area contributed by atoms with Crippen LogP contribution in [0.5, 0.6) is 0 Å². The van der Waals surface area contributed by atoms with Crippen molar-refractivity contribution in [3.05, 3.63) is 59.9 Å². The van der Waals surface area contributed by atoms with Crippen molar-refractivity contribution in [2.45, 2.75) is 6.54 Å². The first-order valence-electron chi connectivity index (χ1n) is 8.82. The second-order valence-corrected chi connectivity index (χ2v) is 6.67. The highest BCUT2D eigenvalue weighted by Gasteiger charge is 2.21. The fourth-order valence-corrected chi connectivity index (χ4v) is 3.02. The maximum atomic E-state index is 13.0. The van der Waals surface area contributed by atoms with Crippen LogP contribution in [-0.4, -0.2) is 51.2 Å². The molecular weight excluding hydrogens is 331 g/mol. The van der Waals surface area contributed by atoms with Crippen molar-refractivity contribution < 1.29 is 9.18 Å². The third-order valence-corrected chi connectivity index (χ3v) is 4.66. The number of piperazine rings is 1. The zero-order chi connectivity index (χ0) is 18.5. The van der Waals surface area contributed by atoms with Crippen molar-refractivity contribution in [1.29, 1.82) is 0 Å². The first-order chi connectivity index (χ1) is 12.5. The highest BCUT2D eigenvalue weighted by molar-refractivity contribution is 5.74. The number of nitrogens with zero attached hydrogens (tertiary/aromatic N) is 3. The third kappa shape index (κ3) is 4.45. The molecule has 0 aromatic heterocycles. The van der Waals surface area contributed by atoms with E-state index >= 15 is 0 Å². The minimum Gasteiger partial charge on any atom is -0.378 e. The molecule has 1 heterocycles. The molecule has 1 aliphatic heterocycles. The van der Waals surface area contributed by atoms with E-state index in [0.717, 1.165) is 30.0 Å². The van der Waals surface area contributed by atoms with Gasteiger partial charge in [0.05, 0.1) is 0 Å².